The quantitative estimate of drug-likeness (QED) is 0.639. The molecule has 0 heterocycles. The third-order valence-corrected chi connectivity index (χ3v) is 4.69. The van der Waals surface area contributed by atoms with Crippen LogP contribution in [-0.2, 0) is 10.0 Å². The number of hydrogen-bond donors (Lipinski definition) is 1. The highest BCUT2D eigenvalue weighted by molar-refractivity contribution is 9.10. The maximum atomic E-state index is 12.0. The summed E-state index contributed by atoms with van der Waals surface area (Å²) in [6, 6.07) is 14.0. The molecule has 0 amide bonds. The number of sulfonamides is 1. The Morgan fingerprint density at radius 3 is 2.18 bits per heavy atom. The molecule has 116 valence electrons. The van der Waals surface area contributed by atoms with Crippen LogP contribution in [-0.4, -0.2) is 28.7 Å². The average molecular weight is 382 g/mol. The van der Waals surface area contributed by atoms with Crippen LogP contribution in [0.4, 0.5) is 5.69 Å². The second-order valence-corrected chi connectivity index (χ2v) is 7.37. The first-order valence-corrected chi connectivity index (χ1v) is 8.74. The maximum absolute atomic E-state index is 12.0. The van der Waals surface area contributed by atoms with Crippen molar-refractivity contribution in [1.82, 2.24) is 4.83 Å². The summed E-state index contributed by atoms with van der Waals surface area (Å²) in [5.41, 5.74) is 1.87. The van der Waals surface area contributed by atoms with E-state index in [-0.39, 0.29) is 4.90 Å². The molecule has 0 saturated carbocycles. The van der Waals surface area contributed by atoms with E-state index in [1.807, 2.05) is 43.3 Å². The van der Waals surface area contributed by atoms with Crippen LogP contribution in [0, 0.1) is 0 Å². The predicted octanol–water partition coefficient (Wildman–Crippen LogP) is 2.83. The van der Waals surface area contributed by atoms with Gasteiger partial charge in [-0.05, 0) is 42.0 Å². The van der Waals surface area contributed by atoms with Crippen molar-refractivity contribution in [2.75, 3.05) is 19.0 Å². The molecule has 0 aliphatic carbocycles. The smallest absolute Gasteiger partial charge is 0.276 e. The molecule has 0 bridgehead atoms. The zero-order chi connectivity index (χ0) is 16.2. The fourth-order valence-corrected chi connectivity index (χ4v) is 2.75. The Morgan fingerprint density at radius 1 is 1.05 bits per heavy atom. The summed E-state index contributed by atoms with van der Waals surface area (Å²) in [5, 5.41) is 3.80. The van der Waals surface area contributed by atoms with Gasteiger partial charge in [-0.25, -0.2) is 4.83 Å². The third-order valence-electron chi connectivity index (χ3n) is 2.92. The average Bonchev–Trinajstić information content (AvgIpc) is 2.48. The van der Waals surface area contributed by atoms with Crippen molar-refractivity contribution in [3.63, 3.8) is 0 Å². The van der Waals surface area contributed by atoms with Crippen LogP contribution in [0.25, 0.3) is 0 Å². The summed E-state index contributed by atoms with van der Waals surface area (Å²) in [6.45, 7) is 0. The van der Waals surface area contributed by atoms with Crippen LogP contribution in [0.15, 0.2) is 63.0 Å². The van der Waals surface area contributed by atoms with Gasteiger partial charge in [0.1, 0.15) is 0 Å². The first-order chi connectivity index (χ1) is 10.4. The van der Waals surface area contributed by atoms with Crippen LogP contribution in [0.5, 0.6) is 0 Å². The summed E-state index contributed by atoms with van der Waals surface area (Å²) in [5.74, 6) is 0. The van der Waals surface area contributed by atoms with Crippen LogP contribution >= 0.6 is 15.9 Å². The van der Waals surface area contributed by atoms with E-state index in [4.69, 9.17) is 0 Å². The standard InChI is InChI=1S/C15H16BrN3O2S/c1-19(2)14-7-3-12(4-8-14)11-17-18-22(20,21)15-9-5-13(16)6-10-15/h3-11,18H,1-2H3/b17-11-. The van der Waals surface area contributed by atoms with E-state index in [0.717, 1.165) is 15.7 Å². The van der Waals surface area contributed by atoms with Crippen LogP contribution in [0.2, 0.25) is 0 Å². The fraction of sp³-hybridized carbons (Fsp3) is 0.133. The number of halogens is 1. The molecule has 2 rings (SSSR count). The number of hydrogen-bond acceptors (Lipinski definition) is 4. The predicted molar refractivity (Wildman–Crippen MR) is 92.8 cm³/mol. The molecule has 1 N–H and O–H groups in total. The van der Waals surface area contributed by atoms with Crippen molar-refractivity contribution < 1.29 is 8.42 Å². The van der Waals surface area contributed by atoms with E-state index in [0.29, 0.717) is 0 Å². The molecule has 0 aliphatic heterocycles. The van der Waals surface area contributed by atoms with Crippen molar-refractivity contribution >= 4 is 37.9 Å². The first kappa shape index (κ1) is 16.5. The van der Waals surface area contributed by atoms with Crippen molar-refractivity contribution in [3.8, 4) is 0 Å². The molecule has 2 aromatic rings. The van der Waals surface area contributed by atoms with Crippen molar-refractivity contribution in [1.29, 1.82) is 0 Å². The van der Waals surface area contributed by atoms with E-state index in [2.05, 4.69) is 25.9 Å². The van der Waals surface area contributed by atoms with Crippen molar-refractivity contribution in [3.05, 3.63) is 58.6 Å². The van der Waals surface area contributed by atoms with E-state index >= 15 is 0 Å². The van der Waals surface area contributed by atoms with Gasteiger partial charge in [0.25, 0.3) is 10.0 Å². The molecule has 0 aliphatic rings. The lowest BCUT2D eigenvalue weighted by Gasteiger charge is -2.11. The highest BCUT2D eigenvalue weighted by Crippen LogP contribution is 2.14. The van der Waals surface area contributed by atoms with Crippen molar-refractivity contribution in [2.45, 2.75) is 4.90 Å². The van der Waals surface area contributed by atoms with Gasteiger partial charge < -0.3 is 4.90 Å². The highest BCUT2D eigenvalue weighted by atomic mass is 79.9. The number of benzene rings is 2. The number of anilines is 1. The minimum absolute atomic E-state index is 0.163. The molecule has 0 atom stereocenters. The lowest BCUT2D eigenvalue weighted by atomic mass is 10.2. The first-order valence-electron chi connectivity index (χ1n) is 6.46. The molecule has 0 fully saturated rings. The van der Waals surface area contributed by atoms with Gasteiger partial charge >= 0.3 is 0 Å². The Labute approximate surface area is 138 Å². The van der Waals surface area contributed by atoms with Gasteiger partial charge in [-0.3, -0.25) is 0 Å². The SMILES string of the molecule is CN(C)c1ccc(/C=N\NS(=O)(=O)c2ccc(Br)cc2)cc1. The zero-order valence-electron chi connectivity index (χ0n) is 12.2. The molecule has 5 nitrogen and oxygen atoms in total. The monoisotopic (exact) mass is 381 g/mol. The summed E-state index contributed by atoms with van der Waals surface area (Å²) in [4.78, 5) is 4.34. The Balaban J connectivity index is 2.06. The zero-order valence-corrected chi connectivity index (χ0v) is 14.6. The minimum atomic E-state index is -3.65. The van der Waals surface area contributed by atoms with Gasteiger partial charge in [-0.1, -0.05) is 28.1 Å². The van der Waals surface area contributed by atoms with E-state index in [9.17, 15) is 8.42 Å². The number of nitrogens with zero attached hydrogens (tertiary/aromatic N) is 2. The van der Waals surface area contributed by atoms with Gasteiger partial charge in [-0.15, -0.1) is 0 Å². The summed E-state index contributed by atoms with van der Waals surface area (Å²) < 4.78 is 24.9. The van der Waals surface area contributed by atoms with E-state index < -0.39 is 10.0 Å². The second kappa shape index (κ2) is 6.93. The fourth-order valence-electron chi connectivity index (χ4n) is 1.70. The molecular weight excluding hydrogens is 366 g/mol. The Kier molecular flexibility index (Phi) is 5.20. The molecule has 7 heteroatoms. The normalized spacial score (nSPS) is 11.6. The lowest BCUT2D eigenvalue weighted by Crippen LogP contribution is -2.18. The molecular formula is C15H16BrN3O2S. The summed E-state index contributed by atoms with van der Waals surface area (Å²) >= 11 is 3.26. The van der Waals surface area contributed by atoms with Gasteiger partial charge in [0.2, 0.25) is 0 Å². The van der Waals surface area contributed by atoms with Crippen molar-refractivity contribution in [2.24, 2.45) is 5.10 Å². The molecule has 0 aromatic heterocycles. The molecule has 0 saturated heterocycles. The van der Waals surface area contributed by atoms with E-state index in [1.54, 1.807) is 12.1 Å². The Bertz CT molecular complexity index is 754. The Morgan fingerprint density at radius 2 is 1.64 bits per heavy atom. The van der Waals surface area contributed by atoms with Gasteiger partial charge in [0.15, 0.2) is 0 Å². The topological polar surface area (TPSA) is 61.8 Å². The third kappa shape index (κ3) is 4.32. The van der Waals surface area contributed by atoms with E-state index in [1.165, 1.54) is 18.3 Å². The molecule has 22 heavy (non-hydrogen) atoms. The highest BCUT2D eigenvalue weighted by Gasteiger charge is 2.11. The largest absolute Gasteiger partial charge is 0.378 e. The second-order valence-electron chi connectivity index (χ2n) is 4.79. The minimum Gasteiger partial charge on any atom is -0.378 e. The van der Waals surface area contributed by atoms with Crippen LogP contribution in [0.3, 0.4) is 0 Å². The van der Waals surface area contributed by atoms with Crippen LogP contribution < -0.4 is 9.73 Å². The molecule has 0 spiro atoms. The number of nitrogens with one attached hydrogen (secondary N) is 1. The summed E-state index contributed by atoms with van der Waals surface area (Å²) in [7, 11) is 0.262. The number of rotatable bonds is 5. The number of hydrazone groups is 1. The maximum Gasteiger partial charge on any atom is 0.276 e. The Hall–Kier alpha value is -1.86. The molecule has 2 aromatic carbocycles. The summed E-state index contributed by atoms with van der Waals surface area (Å²) in [6.07, 6.45) is 1.47. The van der Waals surface area contributed by atoms with Gasteiger partial charge in [0, 0.05) is 24.3 Å². The van der Waals surface area contributed by atoms with Crippen LogP contribution in [0.1, 0.15) is 5.56 Å². The van der Waals surface area contributed by atoms with Gasteiger partial charge in [0.05, 0.1) is 11.1 Å². The lowest BCUT2D eigenvalue weighted by molar-refractivity contribution is 0.584. The molecule has 0 radical (unpaired) electrons. The van der Waals surface area contributed by atoms with Gasteiger partial charge in [-0.2, -0.15) is 13.5 Å². The molecule has 0 unspecified atom stereocenters.